The van der Waals surface area contributed by atoms with Crippen LogP contribution in [0, 0.1) is 0 Å². The number of imide groups is 1. The summed E-state index contributed by atoms with van der Waals surface area (Å²) in [5.74, 6) is -0.361. The molecule has 0 bridgehead atoms. The lowest BCUT2D eigenvalue weighted by Crippen LogP contribution is -2.31. The fourth-order valence-electron chi connectivity index (χ4n) is 4.08. The normalized spacial score (nSPS) is 12.8. The summed E-state index contributed by atoms with van der Waals surface area (Å²) >= 11 is 1.40. The number of thiazole rings is 1. The molecule has 8 heteroatoms. The van der Waals surface area contributed by atoms with E-state index >= 15 is 0 Å². The molecule has 0 radical (unpaired) electrons. The molecule has 1 N–H and O–H groups in total. The highest BCUT2D eigenvalue weighted by molar-refractivity contribution is 7.22. The summed E-state index contributed by atoms with van der Waals surface area (Å²) in [5, 5.41) is 3.31. The predicted octanol–water partition coefficient (Wildman–Crippen LogP) is 4.96. The lowest BCUT2D eigenvalue weighted by atomic mass is 10.1. The molecule has 1 aliphatic rings. The second kappa shape index (κ2) is 9.31. The van der Waals surface area contributed by atoms with Crippen molar-refractivity contribution in [3.05, 3.63) is 88.5 Å². The van der Waals surface area contributed by atoms with Gasteiger partial charge < -0.3 is 4.74 Å². The first-order chi connectivity index (χ1) is 17.0. The van der Waals surface area contributed by atoms with Crippen molar-refractivity contribution in [3.8, 4) is 5.75 Å². The molecule has 1 aromatic heterocycles. The Kier molecular flexibility index (Phi) is 6.05. The zero-order chi connectivity index (χ0) is 24.5. The Labute approximate surface area is 206 Å². The number of carbonyl (C=O) groups is 3. The third kappa shape index (κ3) is 4.40. The Morgan fingerprint density at radius 2 is 1.71 bits per heavy atom. The number of rotatable bonds is 7. The number of nitrogens with one attached hydrogen (secondary N) is 1. The molecule has 0 fully saturated rings. The van der Waals surface area contributed by atoms with E-state index in [9.17, 15) is 14.4 Å². The van der Waals surface area contributed by atoms with Crippen LogP contribution in [-0.2, 0) is 12.8 Å². The summed E-state index contributed by atoms with van der Waals surface area (Å²) in [4.78, 5) is 44.4. The zero-order valence-electron chi connectivity index (χ0n) is 19.3. The van der Waals surface area contributed by atoms with Crippen LogP contribution >= 0.6 is 11.3 Å². The topological polar surface area (TPSA) is 88.6 Å². The maximum absolute atomic E-state index is 13.0. The van der Waals surface area contributed by atoms with Gasteiger partial charge in [-0.2, -0.15) is 0 Å². The number of fused-ring (bicyclic) bond motifs is 2. The molecule has 0 saturated heterocycles. The average Bonchev–Trinajstić information content (AvgIpc) is 3.39. The van der Waals surface area contributed by atoms with Crippen LogP contribution in [0.2, 0.25) is 0 Å². The number of nitrogens with zero attached hydrogens (tertiary/aromatic N) is 2. The van der Waals surface area contributed by atoms with Gasteiger partial charge in [0.15, 0.2) is 5.13 Å². The smallest absolute Gasteiger partial charge is 0.261 e. The van der Waals surface area contributed by atoms with Crippen LogP contribution in [0.25, 0.3) is 10.2 Å². The first-order valence-corrected chi connectivity index (χ1v) is 12.1. The van der Waals surface area contributed by atoms with E-state index in [2.05, 4.69) is 23.3 Å². The number of hydrogen-bond acceptors (Lipinski definition) is 6. The molecule has 1 aliphatic heterocycles. The van der Waals surface area contributed by atoms with Crippen LogP contribution in [-0.4, -0.2) is 41.3 Å². The molecule has 5 rings (SSSR count). The van der Waals surface area contributed by atoms with Gasteiger partial charge >= 0.3 is 0 Å². The molecule has 0 unspecified atom stereocenters. The fraction of sp³-hybridized carbons (Fsp3) is 0.185. The Morgan fingerprint density at radius 3 is 2.46 bits per heavy atom. The molecule has 0 saturated carbocycles. The molecular formula is C27H23N3O4S. The number of aryl methyl sites for hydroxylation is 1. The van der Waals surface area contributed by atoms with Crippen molar-refractivity contribution in [2.24, 2.45) is 0 Å². The van der Waals surface area contributed by atoms with Gasteiger partial charge in [0.05, 0.1) is 28.5 Å². The summed E-state index contributed by atoms with van der Waals surface area (Å²) in [6.07, 6.45) is 1.45. The van der Waals surface area contributed by atoms with Crippen molar-refractivity contribution in [2.75, 3.05) is 19.0 Å². The van der Waals surface area contributed by atoms with E-state index in [4.69, 9.17) is 4.74 Å². The third-order valence-electron chi connectivity index (χ3n) is 6.10. The first-order valence-electron chi connectivity index (χ1n) is 11.3. The van der Waals surface area contributed by atoms with Crippen LogP contribution in [0.5, 0.6) is 5.75 Å². The Bertz CT molecular complexity index is 1460. The fourth-order valence-corrected chi connectivity index (χ4v) is 5.00. The molecule has 0 aliphatic carbocycles. The van der Waals surface area contributed by atoms with Crippen LogP contribution in [0.3, 0.4) is 0 Å². The molecule has 0 atom stereocenters. The summed E-state index contributed by atoms with van der Waals surface area (Å²) < 4.78 is 6.16. The summed E-state index contributed by atoms with van der Waals surface area (Å²) in [6.45, 7) is 2.34. The third-order valence-corrected chi connectivity index (χ3v) is 7.03. The van der Waals surface area contributed by atoms with E-state index in [-0.39, 0.29) is 29.8 Å². The van der Waals surface area contributed by atoms with Gasteiger partial charge in [0.1, 0.15) is 5.75 Å². The van der Waals surface area contributed by atoms with Gasteiger partial charge in [0, 0.05) is 12.1 Å². The maximum Gasteiger partial charge on any atom is 0.261 e. The van der Waals surface area contributed by atoms with E-state index in [0.29, 0.717) is 22.7 Å². The SMILES string of the molecule is CCc1ccc2nc(NC(=O)c3ccc4c(c3)C(=O)N(CCc3ccc(OC)cc3)C4=O)sc2c1. The van der Waals surface area contributed by atoms with Crippen molar-refractivity contribution >= 4 is 44.4 Å². The monoisotopic (exact) mass is 485 g/mol. The van der Waals surface area contributed by atoms with Crippen LogP contribution in [0.1, 0.15) is 49.1 Å². The molecule has 3 aromatic carbocycles. The van der Waals surface area contributed by atoms with E-state index in [0.717, 1.165) is 28.0 Å². The van der Waals surface area contributed by atoms with Crippen LogP contribution in [0.15, 0.2) is 60.7 Å². The molecule has 2 heterocycles. The van der Waals surface area contributed by atoms with Crippen molar-refractivity contribution in [2.45, 2.75) is 19.8 Å². The molecule has 4 aromatic rings. The Balaban J connectivity index is 1.30. The quantitative estimate of drug-likeness (QED) is 0.374. The highest BCUT2D eigenvalue weighted by Gasteiger charge is 2.35. The number of methoxy groups -OCH3 is 1. The lowest BCUT2D eigenvalue weighted by molar-refractivity contribution is 0.0656. The van der Waals surface area contributed by atoms with Gasteiger partial charge in [-0.25, -0.2) is 4.98 Å². The van der Waals surface area contributed by atoms with Crippen molar-refractivity contribution < 1.29 is 19.1 Å². The van der Waals surface area contributed by atoms with Gasteiger partial charge in [-0.05, 0) is 66.4 Å². The van der Waals surface area contributed by atoms with Crippen LogP contribution in [0.4, 0.5) is 5.13 Å². The Hall–Kier alpha value is -4.04. The molecule has 176 valence electrons. The number of benzene rings is 3. The van der Waals surface area contributed by atoms with Crippen molar-refractivity contribution in [1.29, 1.82) is 0 Å². The van der Waals surface area contributed by atoms with E-state index in [1.807, 2.05) is 36.4 Å². The number of amides is 3. The van der Waals surface area contributed by atoms with Crippen molar-refractivity contribution in [3.63, 3.8) is 0 Å². The van der Waals surface area contributed by atoms with Gasteiger partial charge in [0.2, 0.25) is 0 Å². The second-order valence-electron chi connectivity index (χ2n) is 8.25. The Morgan fingerprint density at radius 1 is 0.971 bits per heavy atom. The van der Waals surface area contributed by atoms with Gasteiger partial charge in [0.25, 0.3) is 17.7 Å². The van der Waals surface area contributed by atoms with Gasteiger partial charge in [-0.3, -0.25) is 24.6 Å². The summed E-state index contributed by atoms with van der Waals surface area (Å²) in [6, 6.07) is 18.1. The van der Waals surface area contributed by atoms with Crippen molar-refractivity contribution in [1.82, 2.24) is 9.88 Å². The van der Waals surface area contributed by atoms with E-state index in [1.165, 1.54) is 27.9 Å². The summed E-state index contributed by atoms with van der Waals surface area (Å²) in [7, 11) is 1.60. The summed E-state index contributed by atoms with van der Waals surface area (Å²) in [5.41, 5.74) is 3.88. The molecule has 35 heavy (non-hydrogen) atoms. The molecule has 3 amide bonds. The van der Waals surface area contributed by atoms with Gasteiger partial charge in [-0.1, -0.05) is 36.5 Å². The lowest BCUT2D eigenvalue weighted by Gasteiger charge is -2.13. The molecular weight excluding hydrogens is 462 g/mol. The minimum Gasteiger partial charge on any atom is -0.497 e. The zero-order valence-corrected chi connectivity index (χ0v) is 20.1. The first kappa shape index (κ1) is 22.7. The number of hydrogen-bond donors (Lipinski definition) is 1. The number of anilines is 1. The maximum atomic E-state index is 13.0. The standard InChI is InChI=1S/C27H23N3O4S/c1-3-16-6-11-22-23(14-16)35-27(28-22)29-24(31)18-7-10-20-21(15-18)26(33)30(25(20)32)13-12-17-4-8-19(34-2)9-5-17/h4-11,14-15H,3,12-13H2,1-2H3,(H,28,29,31). The number of aromatic nitrogens is 1. The minimum absolute atomic E-state index is 0.245. The molecule has 0 spiro atoms. The highest BCUT2D eigenvalue weighted by Crippen LogP contribution is 2.29. The number of carbonyl (C=O) groups excluding carboxylic acids is 3. The van der Waals surface area contributed by atoms with Crippen LogP contribution < -0.4 is 10.1 Å². The second-order valence-corrected chi connectivity index (χ2v) is 9.28. The predicted molar refractivity (Wildman–Crippen MR) is 135 cm³/mol. The minimum atomic E-state index is -0.389. The number of ether oxygens (including phenoxy) is 1. The highest BCUT2D eigenvalue weighted by atomic mass is 32.1. The van der Waals surface area contributed by atoms with E-state index in [1.54, 1.807) is 19.2 Å². The van der Waals surface area contributed by atoms with E-state index < -0.39 is 0 Å². The average molecular weight is 486 g/mol. The molecule has 7 nitrogen and oxygen atoms in total. The van der Waals surface area contributed by atoms with Gasteiger partial charge in [-0.15, -0.1) is 0 Å². The largest absolute Gasteiger partial charge is 0.497 e.